The second-order valence-corrected chi connectivity index (χ2v) is 11.8. The van der Waals surface area contributed by atoms with E-state index < -0.39 is 22.2 Å². The Hall–Kier alpha value is -1.96. The van der Waals surface area contributed by atoms with Gasteiger partial charge in [-0.1, -0.05) is 19.4 Å². The minimum atomic E-state index is -1.47. The summed E-state index contributed by atoms with van der Waals surface area (Å²) in [6.07, 6.45) is 7.77. The maximum Gasteiger partial charge on any atom is 0.218 e. The summed E-state index contributed by atoms with van der Waals surface area (Å²) in [5, 5.41) is 27.0. The number of hydrogen-bond acceptors (Lipinski definition) is 4. The smallest absolute Gasteiger partial charge is 0.218 e. The van der Waals surface area contributed by atoms with Crippen molar-refractivity contribution in [3.05, 3.63) is 53.1 Å². The summed E-state index contributed by atoms with van der Waals surface area (Å²) < 4.78 is 15.3. The van der Waals surface area contributed by atoms with E-state index in [0.717, 1.165) is 42.6 Å². The molecular formula is C27H31FN2O3S. The Labute approximate surface area is 204 Å². The molecule has 3 fully saturated rings. The van der Waals surface area contributed by atoms with E-state index >= 15 is 0 Å². The lowest BCUT2D eigenvalue weighted by atomic mass is 9.45. The third kappa shape index (κ3) is 2.80. The van der Waals surface area contributed by atoms with Gasteiger partial charge in [-0.3, -0.25) is 4.79 Å². The Bertz CT molecular complexity index is 1210. The van der Waals surface area contributed by atoms with Crippen molar-refractivity contribution >= 4 is 23.8 Å². The highest BCUT2D eigenvalue weighted by atomic mass is 32.1. The van der Waals surface area contributed by atoms with Gasteiger partial charge in [0.25, 0.3) is 0 Å². The highest BCUT2D eigenvalue weighted by molar-refractivity contribution is 7.96. The molecule has 0 radical (unpaired) electrons. The van der Waals surface area contributed by atoms with E-state index in [1.165, 1.54) is 17.7 Å². The van der Waals surface area contributed by atoms with Gasteiger partial charge in [-0.25, -0.2) is 9.07 Å². The zero-order chi connectivity index (χ0) is 24.0. The minimum absolute atomic E-state index is 0.0604. The fourth-order valence-corrected chi connectivity index (χ4v) is 8.70. The molecule has 3 saturated carbocycles. The number of aliphatic hydroxyl groups is 2. The third-order valence-electron chi connectivity index (χ3n) is 10.0. The number of aliphatic hydroxyl groups excluding tert-OH is 1. The van der Waals surface area contributed by atoms with Gasteiger partial charge >= 0.3 is 0 Å². The topological polar surface area (TPSA) is 75.3 Å². The zero-order valence-electron chi connectivity index (χ0n) is 19.5. The lowest BCUT2D eigenvalue weighted by Gasteiger charge is -2.60. The average molecular weight is 483 g/mol. The van der Waals surface area contributed by atoms with Crippen molar-refractivity contribution in [3.63, 3.8) is 0 Å². The molecule has 0 saturated heterocycles. The van der Waals surface area contributed by atoms with E-state index in [9.17, 15) is 19.4 Å². The van der Waals surface area contributed by atoms with E-state index in [1.54, 1.807) is 12.1 Å². The number of nitrogens with zero attached hydrogens (tertiary/aromatic N) is 2. The molecule has 2 aromatic rings. The molecule has 0 aliphatic heterocycles. The molecule has 2 N–H and O–H groups in total. The summed E-state index contributed by atoms with van der Waals surface area (Å²) in [4.78, 5) is 12.4. The summed E-state index contributed by atoms with van der Waals surface area (Å²) >= 11 is 4.05. The van der Waals surface area contributed by atoms with E-state index in [0.29, 0.717) is 12.8 Å². The Morgan fingerprint density at radius 1 is 1.24 bits per heavy atom. The van der Waals surface area contributed by atoms with Crippen LogP contribution in [0.25, 0.3) is 11.8 Å². The quantitative estimate of drug-likeness (QED) is 0.557. The lowest BCUT2D eigenvalue weighted by Crippen LogP contribution is -2.61. The van der Waals surface area contributed by atoms with Crippen LogP contribution in [0.4, 0.5) is 4.39 Å². The van der Waals surface area contributed by atoms with E-state index in [-0.39, 0.29) is 29.0 Å². The van der Waals surface area contributed by atoms with Crippen LogP contribution in [0.3, 0.4) is 0 Å². The first kappa shape index (κ1) is 22.5. The fourth-order valence-electron chi connectivity index (χ4n) is 8.33. The van der Waals surface area contributed by atoms with Crippen molar-refractivity contribution in [3.8, 4) is 5.69 Å². The highest BCUT2D eigenvalue weighted by Crippen LogP contribution is 2.67. The van der Waals surface area contributed by atoms with E-state index in [2.05, 4.69) is 30.7 Å². The monoisotopic (exact) mass is 482 g/mol. The molecule has 1 aromatic heterocycles. The Kier molecular flexibility index (Phi) is 4.82. The molecule has 0 spiro atoms. The molecule has 7 atom stereocenters. The minimum Gasteiger partial charge on any atom is -0.393 e. The number of benzene rings is 1. The third-order valence-corrected chi connectivity index (χ3v) is 10.4. The second kappa shape index (κ2) is 7.28. The van der Waals surface area contributed by atoms with Crippen LogP contribution in [0.5, 0.6) is 0 Å². The standard InChI is InChI=1S/C27H31FN2O3S/c1-25-12-15-14-29-30(18-6-4-17(28)5-7-18)21(15)11-16(25)3-8-19-20-9-10-27(33,24(32)34)26(20,2)13-22(31)23(19)25/h4-7,11,14,19-20,22-23,31,33H,3,8-10,12-13H2,1-2H3,(H,32,34)/t19?,20?,22?,23?,25-,26-,27-/m0/s1. The molecule has 1 heterocycles. The number of thiol groups is 1. The molecule has 180 valence electrons. The predicted octanol–water partition coefficient (Wildman–Crippen LogP) is 4.35. The van der Waals surface area contributed by atoms with Crippen molar-refractivity contribution < 1.29 is 19.4 Å². The van der Waals surface area contributed by atoms with Crippen LogP contribution in [-0.4, -0.2) is 36.8 Å². The van der Waals surface area contributed by atoms with Crippen molar-refractivity contribution in [1.29, 1.82) is 0 Å². The SMILES string of the molecule is C[C@]12Cc3cnn(-c4ccc(F)cc4)c3C=C1CCC1C2C(O)C[C@@]2(C)C1CC[C@]2(O)C(=O)S. The second-order valence-electron chi connectivity index (χ2n) is 11.4. The van der Waals surface area contributed by atoms with Crippen LogP contribution in [0.1, 0.15) is 57.2 Å². The Morgan fingerprint density at radius 3 is 2.68 bits per heavy atom. The van der Waals surface area contributed by atoms with Gasteiger partial charge in [0.05, 0.1) is 23.7 Å². The molecular weight excluding hydrogens is 451 g/mol. The molecule has 4 unspecified atom stereocenters. The molecule has 4 aliphatic carbocycles. The predicted molar refractivity (Wildman–Crippen MR) is 130 cm³/mol. The van der Waals surface area contributed by atoms with Crippen LogP contribution in [0.2, 0.25) is 0 Å². The molecule has 6 rings (SSSR count). The van der Waals surface area contributed by atoms with Crippen molar-refractivity contribution in [1.82, 2.24) is 9.78 Å². The van der Waals surface area contributed by atoms with Gasteiger partial charge in [-0.05, 0) is 97.6 Å². The Morgan fingerprint density at radius 2 is 1.97 bits per heavy atom. The first-order valence-corrected chi connectivity index (χ1v) is 12.7. The van der Waals surface area contributed by atoms with E-state index in [4.69, 9.17) is 0 Å². The molecule has 4 aliphatic rings. The van der Waals surface area contributed by atoms with Gasteiger partial charge in [0.2, 0.25) is 5.12 Å². The Balaban J connectivity index is 1.38. The van der Waals surface area contributed by atoms with Gasteiger partial charge in [0, 0.05) is 5.41 Å². The van der Waals surface area contributed by atoms with Crippen molar-refractivity contribution in [2.45, 2.75) is 64.1 Å². The molecule has 34 heavy (non-hydrogen) atoms. The van der Waals surface area contributed by atoms with Gasteiger partial charge in [-0.2, -0.15) is 5.10 Å². The normalized spacial score (nSPS) is 40.6. The largest absolute Gasteiger partial charge is 0.393 e. The number of hydrogen-bond donors (Lipinski definition) is 3. The molecule has 1 aromatic carbocycles. The summed E-state index contributed by atoms with van der Waals surface area (Å²) in [6.45, 7) is 4.25. The van der Waals surface area contributed by atoms with Crippen molar-refractivity contribution in [2.75, 3.05) is 0 Å². The molecule has 5 nitrogen and oxygen atoms in total. The van der Waals surface area contributed by atoms with Crippen LogP contribution in [-0.2, 0) is 11.2 Å². The number of fused-ring (bicyclic) bond motifs is 6. The van der Waals surface area contributed by atoms with Crippen molar-refractivity contribution in [2.24, 2.45) is 28.6 Å². The van der Waals surface area contributed by atoms with Crippen LogP contribution >= 0.6 is 12.6 Å². The first-order valence-electron chi connectivity index (χ1n) is 12.3. The summed E-state index contributed by atoms with van der Waals surface area (Å²) in [6, 6.07) is 6.37. The van der Waals surface area contributed by atoms with Crippen LogP contribution in [0, 0.1) is 34.4 Å². The number of halogens is 1. The van der Waals surface area contributed by atoms with E-state index in [1.807, 2.05) is 17.8 Å². The van der Waals surface area contributed by atoms with Gasteiger partial charge in [0.1, 0.15) is 11.4 Å². The average Bonchev–Trinajstić information content (AvgIpc) is 3.30. The highest BCUT2D eigenvalue weighted by Gasteiger charge is 2.68. The van der Waals surface area contributed by atoms with Crippen LogP contribution in [0.15, 0.2) is 36.0 Å². The maximum atomic E-state index is 13.4. The number of carbonyl (C=O) groups excluding carboxylic acids is 1. The van der Waals surface area contributed by atoms with Crippen LogP contribution < -0.4 is 0 Å². The number of rotatable bonds is 2. The molecule has 0 bridgehead atoms. The van der Waals surface area contributed by atoms with Gasteiger partial charge < -0.3 is 10.2 Å². The number of aromatic nitrogens is 2. The summed E-state index contributed by atoms with van der Waals surface area (Å²) in [5.41, 5.74) is 1.97. The zero-order valence-corrected chi connectivity index (χ0v) is 20.4. The summed E-state index contributed by atoms with van der Waals surface area (Å²) in [7, 11) is 0. The molecule has 7 heteroatoms. The lowest BCUT2D eigenvalue weighted by molar-refractivity contribution is -0.173. The molecule has 0 amide bonds. The van der Waals surface area contributed by atoms with Gasteiger partial charge in [0.15, 0.2) is 0 Å². The summed E-state index contributed by atoms with van der Waals surface area (Å²) in [5.74, 6) is 0.214. The number of allylic oxidation sites excluding steroid dienone is 1. The fraction of sp³-hybridized carbons (Fsp3) is 0.556. The maximum absolute atomic E-state index is 13.4. The van der Waals surface area contributed by atoms with Gasteiger partial charge in [-0.15, -0.1) is 12.6 Å². The number of carbonyl (C=O) groups is 1. The first-order chi connectivity index (χ1) is 16.1.